The Labute approximate surface area is 158 Å². The van der Waals surface area contributed by atoms with Crippen LogP contribution in [0.3, 0.4) is 0 Å². The van der Waals surface area contributed by atoms with Gasteiger partial charge in [-0.2, -0.15) is 0 Å². The zero-order valence-electron chi connectivity index (χ0n) is 15.4. The van der Waals surface area contributed by atoms with Crippen molar-refractivity contribution in [1.29, 1.82) is 0 Å². The molecule has 0 heterocycles. The minimum atomic E-state index is -0.950. The molecule has 27 heavy (non-hydrogen) atoms. The first-order valence-corrected chi connectivity index (χ1v) is 9.26. The maximum atomic E-state index is 13.6. The lowest BCUT2D eigenvalue weighted by Gasteiger charge is -2.26. The van der Waals surface area contributed by atoms with Gasteiger partial charge >= 0.3 is 0 Å². The number of benzene rings is 2. The molecule has 1 aliphatic carbocycles. The number of nitrogens with zero attached hydrogens (tertiary/aromatic N) is 1. The fraction of sp³-hybridized carbons (Fsp3) is 0.364. The van der Waals surface area contributed by atoms with E-state index in [2.05, 4.69) is 6.07 Å². The van der Waals surface area contributed by atoms with Gasteiger partial charge in [-0.15, -0.1) is 0 Å². The van der Waals surface area contributed by atoms with Crippen molar-refractivity contribution in [2.24, 2.45) is 0 Å². The monoisotopic (exact) mass is 371 g/mol. The van der Waals surface area contributed by atoms with Crippen LogP contribution < -0.4 is 0 Å². The first-order valence-electron chi connectivity index (χ1n) is 9.26. The topological polar surface area (TPSA) is 37.4 Å². The first kappa shape index (κ1) is 19.2. The lowest BCUT2D eigenvalue weighted by molar-refractivity contribution is -0.108. The van der Waals surface area contributed by atoms with E-state index in [1.54, 1.807) is 11.9 Å². The van der Waals surface area contributed by atoms with Crippen LogP contribution in [0.1, 0.15) is 52.2 Å². The average molecular weight is 371 g/mol. The van der Waals surface area contributed by atoms with Gasteiger partial charge in [-0.3, -0.25) is 4.79 Å². The highest BCUT2D eigenvalue weighted by atomic mass is 19.2. The number of fused-ring (bicyclic) bond motifs is 1. The predicted molar refractivity (Wildman–Crippen MR) is 99.8 cm³/mol. The average Bonchev–Trinajstić information content (AvgIpc) is 2.68. The van der Waals surface area contributed by atoms with Crippen molar-refractivity contribution in [2.45, 2.75) is 38.0 Å². The SMILES string of the molecule is CN(CC(CC=O)c1ccc(F)c(F)c1)C(=O)c1cccc2c1CCCC2. The highest BCUT2D eigenvalue weighted by Gasteiger charge is 2.23. The molecule has 1 aliphatic rings. The summed E-state index contributed by atoms with van der Waals surface area (Å²) in [5.74, 6) is -2.36. The van der Waals surface area contributed by atoms with E-state index < -0.39 is 11.6 Å². The molecule has 1 unspecified atom stereocenters. The molecule has 0 saturated heterocycles. The van der Waals surface area contributed by atoms with Crippen LogP contribution in [0.15, 0.2) is 36.4 Å². The van der Waals surface area contributed by atoms with E-state index in [1.165, 1.54) is 11.6 Å². The predicted octanol–water partition coefficient (Wildman–Crippen LogP) is 4.29. The van der Waals surface area contributed by atoms with Crippen molar-refractivity contribution in [3.63, 3.8) is 0 Å². The smallest absolute Gasteiger partial charge is 0.253 e. The fourth-order valence-corrected chi connectivity index (χ4v) is 3.80. The summed E-state index contributed by atoms with van der Waals surface area (Å²) in [5.41, 5.74) is 3.55. The third-order valence-electron chi connectivity index (χ3n) is 5.26. The molecule has 0 fully saturated rings. The van der Waals surface area contributed by atoms with Crippen molar-refractivity contribution in [3.05, 3.63) is 70.3 Å². The standard InChI is InChI=1S/C22H23F2NO2/c1-25(14-17(11-12-26)16-9-10-20(23)21(24)13-16)22(27)19-8-4-6-15-5-2-3-7-18(15)19/h4,6,8-10,12-13,17H,2-3,5,7,11,14H2,1H3. The third-order valence-corrected chi connectivity index (χ3v) is 5.26. The zero-order valence-corrected chi connectivity index (χ0v) is 15.4. The van der Waals surface area contributed by atoms with E-state index in [9.17, 15) is 18.4 Å². The Morgan fingerprint density at radius 1 is 1.15 bits per heavy atom. The fourth-order valence-electron chi connectivity index (χ4n) is 3.80. The number of likely N-dealkylation sites (N-methyl/N-ethyl adjacent to an activating group) is 1. The number of hydrogen-bond acceptors (Lipinski definition) is 2. The zero-order chi connectivity index (χ0) is 19.4. The Kier molecular flexibility index (Phi) is 5.99. The van der Waals surface area contributed by atoms with E-state index >= 15 is 0 Å². The Morgan fingerprint density at radius 3 is 2.67 bits per heavy atom. The Balaban J connectivity index is 1.81. The molecule has 1 amide bonds. The number of carbonyl (C=O) groups is 2. The molecule has 3 nitrogen and oxygen atoms in total. The summed E-state index contributed by atoms with van der Waals surface area (Å²) in [6.07, 6.45) is 4.97. The molecule has 1 atom stereocenters. The van der Waals surface area contributed by atoms with E-state index in [4.69, 9.17) is 0 Å². The van der Waals surface area contributed by atoms with Crippen molar-refractivity contribution in [3.8, 4) is 0 Å². The minimum Gasteiger partial charge on any atom is -0.341 e. The van der Waals surface area contributed by atoms with Gasteiger partial charge in [0.05, 0.1) is 0 Å². The number of hydrogen-bond donors (Lipinski definition) is 0. The second-order valence-electron chi connectivity index (χ2n) is 7.11. The van der Waals surface area contributed by atoms with Crippen LogP contribution in [-0.4, -0.2) is 30.7 Å². The molecule has 0 aliphatic heterocycles. The van der Waals surface area contributed by atoms with Crippen molar-refractivity contribution in [2.75, 3.05) is 13.6 Å². The summed E-state index contributed by atoms with van der Waals surface area (Å²) < 4.78 is 26.8. The first-order chi connectivity index (χ1) is 13.0. The molecule has 0 radical (unpaired) electrons. The Bertz CT molecular complexity index is 850. The van der Waals surface area contributed by atoms with Gasteiger partial charge in [-0.25, -0.2) is 8.78 Å². The maximum absolute atomic E-state index is 13.6. The second-order valence-corrected chi connectivity index (χ2v) is 7.11. The Hall–Kier alpha value is -2.56. The van der Waals surface area contributed by atoms with E-state index in [-0.39, 0.29) is 24.8 Å². The van der Waals surface area contributed by atoms with Crippen molar-refractivity contribution < 1.29 is 18.4 Å². The van der Waals surface area contributed by atoms with Gasteiger partial charge < -0.3 is 9.69 Å². The number of aryl methyl sites for hydroxylation is 1. The molecule has 0 saturated carbocycles. The summed E-state index contributed by atoms with van der Waals surface area (Å²) >= 11 is 0. The largest absolute Gasteiger partial charge is 0.341 e. The van der Waals surface area contributed by atoms with Crippen LogP contribution >= 0.6 is 0 Å². The summed E-state index contributed by atoms with van der Waals surface area (Å²) in [5, 5.41) is 0. The lowest BCUT2D eigenvalue weighted by atomic mass is 9.87. The summed E-state index contributed by atoms with van der Waals surface area (Å²) in [6.45, 7) is 0.256. The Morgan fingerprint density at radius 2 is 1.93 bits per heavy atom. The van der Waals surface area contributed by atoms with Gasteiger partial charge in [-0.1, -0.05) is 18.2 Å². The van der Waals surface area contributed by atoms with Crippen LogP contribution in [-0.2, 0) is 17.6 Å². The molecule has 0 aromatic heterocycles. The molecule has 5 heteroatoms. The summed E-state index contributed by atoms with van der Waals surface area (Å²) in [6, 6.07) is 9.44. The molecule has 0 N–H and O–H groups in total. The summed E-state index contributed by atoms with van der Waals surface area (Å²) in [4.78, 5) is 25.7. The molecule has 142 valence electrons. The van der Waals surface area contributed by atoms with Crippen LogP contribution in [0.5, 0.6) is 0 Å². The van der Waals surface area contributed by atoms with Gasteiger partial charge in [0.2, 0.25) is 0 Å². The lowest BCUT2D eigenvalue weighted by Crippen LogP contribution is -2.32. The maximum Gasteiger partial charge on any atom is 0.253 e. The molecular formula is C22H23F2NO2. The van der Waals surface area contributed by atoms with E-state index in [0.29, 0.717) is 11.1 Å². The van der Waals surface area contributed by atoms with Gasteiger partial charge in [0, 0.05) is 31.5 Å². The normalized spacial score (nSPS) is 14.3. The van der Waals surface area contributed by atoms with E-state index in [0.717, 1.165) is 49.7 Å². The second kappa shape index (κ2) is 8.42. The molecule has 0 bridgehead atoms. The number of amides is 1. The minimum absolute atomic E-state index is 0.104. The van der Waals surface area contributed by atoms with Crippen molar-refractivity contribution in [1.82, 2.24) is 4.90 Å². The molecule has 0 spiro atoms. The number of carbonyl (C=O) groups excluding carboxylic acids is 2. The quantitative estimate of drug-likeness (QED) is 0.711. The molecule has 3 rings (SSSR count). The number of rotatable bonds is 6. The molecule has 2 aromatic carbocycles. The van der Waals surface area contributed by atoms with Crippen LogP contribution in [0.4, 0.5) is 8.78 Å². The van der Waals surface area contributed by atoms with Crippen LogP contribution in [0.2, 0.25) is 0 Å². The molecular weight excluding hydrogens is 348 g/mol. The van der Waals surface area contributed by atoms with Crippen molar-refractivity contribution >= 4 is 12.2 Å². The number of halogens is 2. The number of aldehydes is 1. The highest BCUT2D eigenvalue weighted by molar-refractivity contribution is 5.96. The van der Waals surface area contributed by atoms with Crippen LogP contribution in [0.25, 0.3) is 0 Å². The van der Waals surface area contributed by atoms with Gasteiger partial charge in [0.1, 0.15) is 6.29 Å². The third kappa shape index (κ3) is 4.24. The summed E-state index contributed by atoms with van der Waals surface area (Å²) in [7, 11) is 1.68. The molecule has 2 aromatic rings. The van der Waals surface area contributed by atoms with Crippen LogP contribution in [0, 0.1) is 11.6 Å². The highest BCUT2D eigenvalue weighted by Crippen LogP contribution is 2.27. The van der Waals surface area contributed by atoms with Gasteiger partial charge in [0.15, 0.2) is 11.6 Å². The van der Waals surface area contributed by atoms with Gasteiger partial charge in [0.25, 0.3) is 5.91 Å². The van der Waals surface area contributed by atoms with Gasteiger partial charge in [-0.05, 0) is 60.6 Å². The van der Waals surface area contributed by atoms with E-state index in [1.807, 2.05) is 12.1 Å².